The first-order chi connectivity index (χ1) is 7.63. The zero-order valence-electron chi connectivity index (χ0n) is 10.2. The number of carbonyl (C=O) groups excluding carboxylic acids is 1. The largest absolute Gasteiger partial charge is 0.465 e. The molecule has 0 aromatic heterocycles. The number of rotatable bonds is 0. The van der Waals surface area contributed by atoms with Crippen molar-refractivity contribution in [3.8, 4) is 0 Å². The number of ether oxygens (including phenoxy) is 1. The molecule has 3 aliphatic rings. The van der Waals surface area contributed by atoms with Gasteiger partial charge in [-0.05, 0) is 43.9 Å². The maximum Gasteiger partial charge on any atom is 0.309 e. The van der Waals surface area contributed by atoms with Crippen LogP contribution in [0.25, 0.3) is 0 Å². The van der Waals surface area contributed by atoms with Crippen molar-refractivity contribution < 1.29 is 9.53 Å². The third-order valence-electron chi connectivity index (χ3n) is 5.30. The van der Waals surface area contributed by atoms with Crippen LogP contribution in [0.15, 0.2) is 11.6 Å². The lowest BCUT2D eigenvalue weighted by atomic mass is 9.53. The van der Waals surface area contributed by atoms with Gasteiger partial charge in [0.05, 0.1) is 12.5 Å². The van der Waals surface area contributed by atoms with Crippen LogP contribution in [0.4, 0.5) is 0 Å². The van der Waals surface area contributed by atoms with E-state index in [1.54, 1.807) is 5.57 Å². The number of carbonyl (C=O) groups is 1. The maximum atomic E-state index is 11.7. The van der Waals surface area contributed by atoms with Gasteiger partial charge >= 0.3 is 5.97 Å². The summed E-state index contributed by atoms with van der Waals surface area (Å²) in [7, 11) is 0. The van der Waals surface area contributed by atoms with Crippen molar-refractivity contribution in [2.75, 3.05) is 6.61 Å². The summed E-state index contributed by atoms with van der Waals surface area (Å²) in [6, 6.07) is 0. The monoisotopic (exact) mass is 220 g/mol. The van der Waals surface area contributed by atoms with Gasteiger partial charge in [-0.2, -0.15) is 0 Å². The maximum absolute atomic E-state index is 11.7. The molecule has 1 aliphatic heterocycles. The SMILES string of the molecule is CC1=CCC[C@@]2(C)[C@H]1CC[C@H]1C(=O)OC[C@@H]12. The molecule has 0 unspecified atom stereocenters. The Morgan fingerprint density at radius 2 is 2.25 bits per heavy atom. The molecule has 1 saturated carbocycles. The van der Waals surface area contributed by atoms with E-state index in [1.807, 2.05) is 0 Å². The Kier molecular flexibility index (Phi) is 2.17. The van der Waals surface area contributed by atoms with Crippen molar-refractivity contribution >= 4 is 5.97 Å². The molecule has 0 radical (unpaired) electrons. The summed E-state index contributed by atoms with van der Waals surface area (Å²) in [6.07, 6.45) is 7.01. The molecule has 3 rings (SSSR count). The average Bonchev–Trinajstić information content (AvgIpc) is 2.61. The van der Waals surface area contributed by atoms with E-state index < -0.39 is 0 Å². The Morgan fingerprint density at radius 3 is 3.06 bits per heavy atom. The lowest BCUT2D eigenvalue weighted by molar-refractivity contribution is -0.142. The number of esters is 1. The fourth-order valence-electron chi connectivity index (χ4n) is 4.32. The molecule has 2 nitrogen and oxygen atoms in total. The molecule has 2 heteroatoms. The van der Waals surface area contributed by atoms with Crippen LogP contribution in [0, 0.1) is 23.2 Å². The zero-order chi connectivity index (χ0) is 11.3. The van der Waals surface area contributed by atoms with Crippen LogP contribution >= 0.6 is 0 Å². The van der Waals surface area contributed by atoms with Gasteiger partial charge in [0.25, 0.3) is 0 Å². The predicted molar refractivity (Wildman–Crippen MR) is 61.8 cm³/mol. The summed E-state index contributed by atoms with van der Waals surface area (Å²) < 4.78 is 5.29. The van der Waals surface area contributed by atoms with Gasteiger partial charge in [0.15, 0.2) is 0 Å². The molecular weight excluding hydrogens is 200 g/mol. The summed E-state index contributed by atoms with van der Waals surface area (Å²) in [5, 5.41) is 0. The van der Waals surface area contributed by atoms with Gasteiger partial charge in [-0.1, -0.05) is 18.6 Å². The average molecular weight is 220 g/mol. The van der Waals surface area contributed by atoms with E-state index in [2.05, 4.69) is 19.9 Å². The Balaban J connectivity index is 1.97. The van der Waals surface area contributed by atoms with E-state index in [0.29, 0.717) is 23.9 Å². The molecule has 1 saturated heterocycles. The summed E-state index contributed by atoms with van der Waals surface area (Å²) in [5.41, 5.74) is 1.86. The standard InChI is InChI=1S/C14H20O2/c1-9-4-3-7-14(2)11(9)6-5-10-12(14)8-16-13(10)15/h4,10-12H,3,5-8H2,1-2H3/t10-,11+,12+,14+/m1/s1. The molecular formula is C14H20O2. The van der Waals surface area contributed by atoms with E-state index in [1.165, 1.54) is 19.3 Å². The lowest BCUT2D eigenvalue weighted by Crippen LogP contribution is -2.45. The van der Waals surface area contributed by atoms with Crippen LogP contribution in [-0.4, -0.2) is 12.6 Å². The number of cyclic esters (lactones) is 1. The van der Waals surface area contributed by atoms with Gasteiger partial charge in [-0.15, -0.1) is 0 Å². The Hall–Kier alpha value is -0.790. The van der Waals surface area contributed by atoms with E-state index in [0.717, 1.165) is 6.42 Å². The van der Waals surface area contributed by atoms with Crippen molar-refractivity contribution in [2.24, 2.45) is 23.2 Å². The zero-order valence-corrected chi connectivity index (χ0v) is 10.2. The number of allylic oxidation sites excluding steroid dienone is 2. The molecule has 2 fully saturated rings. The van der Waals surface area contributed by atoms with Crippen LogP contribution in [0.2, 0.25) is 0 Å². The van der Waals surface area contributed by atoms with Crippen molar-refractivity contribution in [3.63, 3.8) is 0 Å². The molecule has 0 aromatic rings. The van der Waals surface area contributed by atoms with Gasteiger partial charge in [-0.3, -0.25) is 4.79 Å². The highest BCUT2D eigenvalue weighted by molar-refractivity contribution is 5.75. The first-order valence-corrected chi connectivity index (χ1v) is 6.46. The van der Waals surface area contributed by atoms with Crippen molar-refractivity contribution in [1.82, 2.24) is 0 Å². The van der Waals surface area contributed by atoms with E-state index in [-0.39, 0.29) is 11.9 Å². The summed E-state index contributed by atoms with van der Waals surface area (Å²) >= 11 is 0. The molecule has 4 atom stereocenters. The second kappa shape index (κ2) is 3.35. The highest BCUT2D eigenvalue weighted by atomic mass is 16.5. The van der Waals surface area contributed by atoms with Gasteiger partial charge in [0, 0.05) is 5.92 Å². The van der Waals surface area contributed by atoms with Crippen molar-refractivity contribution in [2.45, 2.75) is 39.5 Å². The lowest BCUT2D eigenvalue weighted by Gasteiger charge is -2.50. The topological polar surface area (TPSA) is 26.3 Å². The second-order valence-electron chi connectivity index (χ2n) is 5.97. The molecule has 88 valence electrons. The molecule has 0 aromatic carbocycles. The van der Waals surface area contributed by atoms with Crippen molar-refractivity contribution in [1.29, 1.82) is 0 Å². The summed E-state index contributed by atoms with van der Waals surface area (Å²) in [6.45, 7) is 5.32. The molecule has 2 aliphatic carbocycles. The number of hydrogen-bond acceptors (Lipinski definition) is 2. The smallest absolute Gasteiger partial charge is 0.309 e. The molecule has 16 heavy (non-hydrogen) atoms. The van der Waals surface area contributed by atoms with Crippen LogP contribution in [0.1, 0.15) is 39.5 Å². The van der Waals surface area contributed by atoms with E-state index in [4.69, 9.17) is 4.74 Å². The van der Waals surface area contributed by atoms with Crippen LogP contribution in [-0.2, 0) is 9.53 Å². The molecule has 0 N–H and O–H groups in total. The molecule has 1 heterocycles. The predicted octanol–water partition coefficient (Wildman–Crippen LogP) is 2.93. The molecule has 0 bridgehead atoms. The third kappa shape index (κ3) is 1.22. The first-order valence-electron chi connectivity index (χ1n) is 6.46. The second-order valence-corrected chi connectivity index (χ2v) is 5.97. The van der Waals surface area contributed by atoms with E-state index in [9.17, 15) is 4.79 Å². The molecule has 0 amide bonds. The van der Waals surface area contributed by atoms with Crippen LogP contribution in [0.3, 0.4) is 0 Å². The highest BCUT2D eigenvalue weighted by Gasteiger charge is 2.54. The Labute approximate surface area is 97.1 Å². The van der Waals surface area contributed by atoms with Gasteiger partial charge < -0.3 is 4.74 Å². The van der Waals surface area contributed by atoms with Gasteiger partial charge in [0.2, 0.25) is 0 Å². The Morgan fingerprint density at radius 1 is 1.44 bits per heavy atom. The van der Waals surface area contributed by atoms with Gasteiger partial charge in [-0.25, -0.2) is 0 Å². The fourth-order valence-corrected chi connectivity index (χ4v) is 4.32. The third-order valence-corrected chi connectivity index (χ3v) is 5.30. The van der Waals surface area contributed by atoms with Crippen molar-refractivity contribution in [3.05, 3.63) is 11.6 Å². The van der Waals surface area contributed by atoms with Crippen LogP contribution in [0.5, 0.6) is 0 Å². The quantitative estimate of drug-likeness (QED) is 0.463. The Bertz CT molecular complexity index is 358. The highest BCUT2D eigenvalue weighted by Crippen LogP contribution is 2.57. The minimum atomic E-state index is 0.0666. The van der Waals surface area contributed by atoms with Crippen LogP contribution < -0.4 is 0 Å². The fraction of sp³-hybridized carbons (Fsp3) is 0.786. The normalized spacial score (nSPS) is 46.8. The number of fused-ring (bicyclic) bond motifs is 3. The molecule has 0 spiro atoms. The summed E-state index contributed by atoms with van der Waals surface area (Å²) in [5.74, 6) is 1.43. The van der Waals surface area contributed by atoms with E-state index >= 15 is 0 Å². The minimum absolute atomic E-state index is 0.0666. The number of hydrogen-bond donors (Lipinski definition) is 0. The summed E-state index contributed by atoms with van der Waals surface area (Å²) in [4.78, 5) is 11.7. The minimum Gasteiger partial charge on any atom is -0.465 e. The first kappa shape index (κ1) is 10.4. The van der Waals surface area contributed by atoms with Gasteiger partial charge in [0.1, 0.15) is 0 Å².